The first-order valence-corrected chi connectivity index (χ1v) is 11.1. The van der Waals surface area contributed by atoms with Crippen LogP contribution in [0.5, 0.6) is 0 Å². The summed E-state index contributed by atoms with van der Waals surface area (Å²) in [4.78, 5) is 7.22. The highest BCUT2D eigenvalue weighted by molar-refractivity contribution is 5.14. The van der Waals surface area contributed by atoms with E-state index >= 15 is 0 Å². The summed E-state index contributed by atoms with van der Waals surface area (Å²) in [6.07, 6.45) is 0. The molecule has 0 unspecified atom stereocenters. The molecular weight excluding hydrogens is 350 g/mol. The highest BCUT2D eigenvalue weighted by Crippen LogP contribution is 2.04. The molecule has 162 valence electrons. The highest BCUT2D eigenvalue weighted by Gasteiger charge is 2.07. The molecule has 0 saturated heterocycles. The molecule has 1 rings (SSSR count). The molecule has 0 amide bonds. The van der Waals surface area contributed by atoms with Crippen LogP contribution in [0.25, 0.3) is 0 Å². The van der Waals surface area contributed by atoms with Crippen molar-refractivity contribution in [3.63, 3.8) is 0 Å². The maximum absolute atomic E-state index is 5.89. The average molecular weight is 394 g/mol. The molecule has 0 aliphatic carbocycles. The van der Waals surface area contributed by atoms with E-state index in [9.17, 15) is 0 Å². The number of nitrogens with zero attached hydrogens (tertiary/aromatic N) is 3. The maximum atomic E-state index is 5.89. The van der Waals surface area contributed by atoms with Crippen molar-refractivity contribution < 1.29 is 9.47 Å². The molecule has 5 nitrogen and oxygen atoms in total. The van der Waals surface area contributed by atoms with E-state index in [0.29, 0.717) is 0 Å². The van der Waals surface area contributed by atoms with Gasteiger partial charge in [-0.25, -0.2) is 0 Å². The van der Waals surface area contributed by atoms with Crippen LogP contribution in [0, 0.1) is 0 Å². The third-order valence-electron chi connectivity index (χ3n) is 5.25. The molecule has 0 atom stereocenters. The standard InChI is InChI=1S/C23H43N3O2/c1-5-24(6-2)14-18-27-20-16-26(22-23-12-10-9-11-13-23)17-21-28-19-15-25(7-3)8-4/h9-13H,5-8,14-22H2,1-4H3. The molecule has 0 spiro atoms. The largest absolute Gasteiger partial charge is 0.379 e. The van der Waals surface area contributed by atoms with Crippen molar-refractivity contribution in [3.8, 4) is 0 Å². The lowest BCUT2D eigenvalue weighted by atomic mass is 10.2. The zero-order valence-corrected chi connectivity index (χ0v) is 18.7. The van der Waals surface area contributed by atoms with Gasteiger partial charge in [-0.3, -0.25) is 4.90 Å². The Hall–Kier alpha value is -0.980. The summed E-state index contributed by atoms with van der Waals surface area (Å²) in [5.41, 5.74) is 1.34. The number of rotatable bonds is 18. The van der Waals surface area contributed by atoms with Gasteiger partial charge in [-0.1, -0.05) is 58.0 Å². The van der Waals surface area contributed by atoms with E-state index in [-0.39, 0.29) is 0 Å². The summed E-state index contributed by atoms with van der Waals surface area (Å²) < 4.78 is 11.8. The predicted molar refractivity (Wildman–Crippen MR) is 119 cm³/mol. The number of likely N-dealkylation sites (N-methyl/N-ethyl adjacent to an activating group) is 2. The first kappa shape index (κ1) is 25.1. The molecule has 28 heavy (non-hydrogen) atoms. The minimum Gasteiger partial charge on any atom is -0.379 e. The second-order valence-corrected chi connectivity index (χ2v) is 7.04. The van der Waals surface area contributed by atoms with Crippen molar-refractivity contribution >= 4 is 0 Å². The van der Waals surface area contributed by atoms with Gasteiger partial charge in [-0.05, 0) is 31.7 Å². The van der Waals surface area contributed by atoms with Crippen LogP contribution >= 0.6 is 0 Å². The van der Waals surface area contributed by atoms with Crippen LogP contribution in [-0.2, 0) is 16.0 Å². The van der Waals surface area contributed by atoms with Gasteiger partial charge < -0.3 is 19.3 Å². The van der Waals surface area contributed by atoms with E-state index in [1.54, 1.807) is 0 Å². The molecule has 1 aromatic rings. The van der Waals surface area contributed by atoms with Crippen molar-refractivity contribution in [1.82, 2.24) is 14.7 Å². The van der Waals surface area contributed by atoms with Crippen LogP contribution in [0.15, 0.2) is 30.3 Å². The Kier molecular flexibility index (Phi) is 15.1. The Bertz CT molecular complexity index is 428. The van der Waals surface area contributed by atoms with Gasteiger partial charge in [-0.2, -0.15) is 0 Å². The van der Waals surface area contributed by atoms with E-state index in [1.165, 1.54) is 5.56 Å². The van der Waals surface area contributed by atoms with Gasteiger partial charge in [0.1, 0.15) is 0 Å². The number of hydrogen-bond donors (Lipinski definition) is 0. The number of benzene rings is 1. The van der Waals surface area contributed by atoms with Crippen LogP contribution in [0.1, 0.15) is 33.3 Å². The minimum atomic E-state index is 0.771. The maximum Gasteiger partial charge on any atom is 0.0594 e. The molecule has 0 radical (unpaired) electrons. The van der Waals surface area contributed by atoms with Gasteiger partial charge in [0, 0.05) is 32.7 Å². The van der Waals surface area contributed by atoms with Gasteiger partial charge in [0.2, 0.25) is 0 Å². The van der Waals surface area contributed by atoms with E-state index in [1.807, 2.05) is 0 Å². The summed E-state index contributed by atoms with van der Waals surface area (Å²) in [6.45, 7) is 21.2. The van der Waals surface area contributed by atoms with Crippen LogP contribution in [0.3, 0.4) is 0 Å². The summed E-state index contributed by atoms with van der Waals surface area (Å²) in [5, 5.41) is 0. The Balaban J connectivity index is 2.31. The monoisotopic (exact) mass is 393 g/mol. The molecule has 0 bridgehead atoms. The molecule has 0 aliphatic heterocycles. The zero-order chi connectivity index (χ0) is 20.5. The average Bonchev–Trinajstić information content (AvgIpc) is 2.73. The quantitative estimate of drug-likeness (QED) is 0.357. The fourth-order valence-corrected chi connectivity index (χ4v) is 3.17. The SMILES string of the molecule is CCN(CC)CCOCCN(CCOCCN(CC)CC)Cc1ccccc1. The molecule has 0 aromatic heterocycles. The van der Waals surface area contributed by atoms with Crippen LogP contribution in [0.2, 0.25) is 0 Å². The zero-order valence-electron chi connectivity index (χ0n) is 18.7. The van der Waals surface area contributed by atoms with Crippen molar-refractivity contribution in [2.45, 2.75) is 34.2 Å². The summed E-state index contributed by atoms with van der Waals surface area (Å²) in [6, 6.07) is 10.7. The topological polar surface area (TPSA) is 28.2 Å². The van der Waals surface area contributed by atoms with E-state index in [4.69, 9.17) is 9.47 Å². The molecule has 1 aromatic carbocycles. The molecule has 5 heteroatoms. The van der Waals surface area contributed by atoms with E-state index < -0.39 is 0 Å². The number of hydrogen-bond acceptors (Lipinski definition) is 5. The molecule has 0 heterocycles. The Morgan fingerprint density at radius 2 is 0.964 bits per heavy atom. The van der Waals surface area contributed by atoms with Crippen molar-refractivity contribution in [1.29, 1.82) is 0 Å². The van der Waals surface area contributed by atoms with Crippen LogP contribution in [-0.4, -0.2) is 93.5 Å². The first-order valence-electron chi connectivity index (χ1n) is 11.1. The van der Waals surface area contributed by atoms with Crippen molar-refractivity contribution in [3.05, 3.63) is 35.9 Å². The predicted octanol–water partition coefficient (Wildman–Crippen LogP) is 3.21. The highest BCUT2D eigenvalue weighted by atomic mass is 16.5. The molecule has 0 aliphatic rings. The number of ether oxygens (including phenoxy) is 2. The van der Waals surface area contributed by atoms with Crippen molar-refractivity contribution in [2.75, 3.05) is 78.8 Å². The fourth-order valence-electron chi connectivity index (χ4n) is 3.17. The van der Waals surface area contributed by atoms with E-state index in [0.717, 1.165) is 85.3 Å². The van der Waals surface area contributed by atoms with Gasteiger partial charge in [0.05, 0.1) is 26.4 Å². The van der Waals surface area contributed by atoms with Gasteiger partial charge in [-0.15, -0.1) is 0 Å². The second kappa shape index (κ2) is 16.9. The summed E-state index contributed by atoms with van der Waals surface area (Å²) in [5.74, 6) is 0. The Labute approximate surface area is 173 Å². The smallest absolute Gasteiger partial charge is 0.0594 e. The minimum absolute atomic E-state index is 0.771. The summed E-state index contributed by atoms with van der Waals surface area (Å²) in [7, 11) is 0. The lowest BCUT2D eigenvalue weighted by Gasteiger charge is -2.23. The first-order chi connectivity index (χ1) is 13.7. The molecule has 0 saturated carbocycles. The molecule has 0 fully saturated rings. The van der Waals surface area contributed by atoms with E-state index in [2.05, 4.69) is 72.7 Å². The third kappa shape index (κ3) is 11.8. The van der Waals surface area contributed by atoms with Gasteiger partial charge >= 0.3 is 0 Å². The van der Waals surface area contributed by atoms with Gasteiger partial charge in [0.25, 0.3) is 0 Å². The lowest BCUT2D eigenvalue weighted by Crippen LogP contribution is -2.33. The third-order valence-corrected chi connectivity index (χ3v) is 5.25. The summed E-state index contributed by atoms with van der Waals surface area (Å²) >= 11 is 0. The van der Waals surface area contributed by atoms with Crippen LogP contribution < -0.4 is 0 Å². The normalized spacial score (nSPS) is 11.8. The van der Waals surface area contributed by atoms with Crippen LogP contribution in [0.4, 0.5) is 0 Å². The second-order valence-electron chi connectivity index (χ2n) is 7.04. The molecular formula is C23H43N3O2. The Morgan fingerprint density at radius 3 is 1.36 bits per heavy atom. The van der Waals surface area contributed by atoms with Crippen molar-refractivity contribution in [2.24, 2.45) is 0 Å². The molecule has 0 N–H and O–H groups in total. The Morgan fingerprint density at radius 1 is 0.571 bits per heavy atom. The fraction of sp³-hybridized carbons (Fsp3) is 0.739. The van der Waals surface area contributed by atoms with Gasteiger partial charge in [0.15, 0.2) is 0 Å². The lowest BCUT2D eigenvalue weighted by molar-refractivity contribution is 0.0581.